The van der Waals surface area contributed by atoms with Crippen LogP contribution < -0.4 is 5.32 Å². The number of rotatable bonds is 2. The van der Waals surface area contributed by atoms with E-state index < -0.39 is 0 Å². The first-order valence-corrected chi connectivity index (χ1v) is 6.01. The van der Waals surface area contributed by atoms with Gasteiger partial charge in [-0.15, -0.1) is 0 Å². The van der Waals surface area contributed by atoms with E-state index >= 15 is 0 Å². The molecule has 0 amide bonds. The third-order valence-electron chi connectivity index (χ3n) is 3.22. The Balaban J connectivity index is 2.21. The van der Waals surface area contributed by atoms with Crippen molar-refractivity contribution in [2.75, 3.05) is 26.2 Å². The second-order valence-corrected chi connectivity index (χ2v) is 4.26. The van der Waals surface area contributed by atoms with Crippen molar-refractivity contribution in [3.05, 3.63) is 35.6 Å². The van der Waals surface area contributed by atoms with Gasteiger partial charge in [0.1, 0.15) is 5.82 Å². The van der Waals surface area contributed by atoms with Crippen molar-refractivity contribution in [2.24, 2.45) is 0 Å². The van der Waals surface area contributed by atoms with Crippen LogP contribution >= 0.6 is 0 Å². The first-order chi connectivity index (χ1) is 7.81. The summed E-state index contributed by atoms with van der Waals surface area (Å²) in [6.45, 7) is 6.24. The van der Waals surface area contributed by atoms with Gasteiger partial charge in [-0.1, -0.05) is 19.1 Å². The van der Waals surface area contributed by atoms with Crippen LogP contribution in [0.1, 0.15) is 24.9 Å². The minimum Gasteiger partial charge on any atom is -0.315 e. The average Bonchev–Trinajstić information content (AvgIpc) is 2.53. The lowest BCUT2D eigenvalue weighted by Crippen LogP contribution is -2.32. The Morgan fingerprint density at radius 1 is 1.50 bits per heavy atom. The summed E-state index contributed by atoms with van der Waals surface area (Å²) in [5, 5.41) is 3.42. The number of hydrogen-bond acceptors (Lipinski definition) is 2. The molecule has 0 saturated carbocycles. The van der Waals surface area contributed by atoms with Gasteiger partial charge in [-0.25, -0.2) is 4.39 Å². The predicted octanol–water partition coefficient (Wildman–Crippen LogP) is 2.18. The summed E-state index contributed by atoms with van der Waals surface area (Å²) in [4.78, 5) is 2.41. The van der Waals surface area contributed by atoms with E-state index in [0.717, 1.165) is 31.7 Å². The molecule has 0 aromatic heterocycles. The van der Waals surface area contributed by atoms with Gasteiger partial charge in [0.15, 0.2) is 0 Å². The van der Waals surface area contributed by atoms with Crippen LogP contribution in [0.3, 0.4) is 0 Å². The van der Waals surface area contributed by atoms with Crippen molar-refractivity contribution < 1.29 is 4.39 Å². The Hall–Kier alpha value is -0.930. The number of nitrogens with one attached hydrogen (secondary N) is 1. The van der Waals surface area contributed by atoms with E-state index in [2.05, 4.69) is 17.1 Å². The largest absolute Gasteiger partial charge is 0.315 e. The summed E-state index contributed by atoms with van der Waals surface area (Å²) < 4.78 is 13.2. The molecule has 1 aliphatic heterocycles. The minimum absolute atomic E-state index is 0.141. The molecule has 1 atom stereocenters. The van der Waals surface area contributed by atoms with Gasteiger partial charge in [-0.2, -0.15) is 0 Å². The summed E-state index contributed by atoms with van der Waals surface area (Å²) >= 11 is 0. The van der Waals surface area contributed by atoms with Gasteiger partial charge >= 0.3 is 0 Å². The van der Waals surface area contributed by atoms with Crippen LogP contribution in [-0.2, 0) is 0 Å². The molecule has 1 aromatic carbocycles. The first kappa shape index (κ1) is 11.6. The quantitative estimate of drug-likeness (QED) is 0.825. The van der Waals surface area contributed by atoms with Gasteiger partial charge < -0.3 is 5.32 Å². The molecule has 3 heteroatoms. The highest BCUT2D eigenvalue weighted by atomic mass is 19.1. The van der Waals surface area contributed by atoms with E-state index in [1.165, 1.54) is 12.5 Å². The van der Waals surface area contributed by atoms with Gasteiger partial charge in [-0.05, 0) is 43.8 Å². The van der Waals surface area contributed by atoms with Crippen molar-refractivity contribution in [3.8, 4) is 0 Å². The summed E-state index contributed by atoms with van der Waals surface area (Å²) in [7, 11) is 0. The molecule has 1 aromatic rings. The van der Waals surface area contributed by atoms with E-state index in [1.54, 1.807) is 12.1 Å². The molecule has 2 rings (SSSR count). The summed E-state index contributed by atoms with van der Waals surface area (Å²) in [5.74, 6) is -0.141. The third kappa shape index (κ3) is 2.60. The lowest BCUT2D eigenvalue weighted by molar-refractivity contribution is 0.222. The van der Waals surface area contributed by atoms with Crippen LogP contribution in [0.4, 0.5) is 4.39 Å². The van der Waals surface area contributed by atoms with Crippen LogP contribution in [0.15, 0.2) is 24.3 Å². The molecule has 1 N–H and O–H groups in total. The van der Waals surface area contributed by atoms with Gasteiger partial charge in [0.25, 0.3) is 0 Å². The lowest BCUT2D eigenvalue weighted by atomic mass is 10.1. The Bertz CT molecular complexity index is 340. The van der Waals surface area contributed by atoms with Crippen LogP contribution in [0.5, 0.6) is 0 Å². The zero-order valence-corrected chi connectivity index (χ0v) is 9.75. The summed E-state index contributed by atoms with van der Waals surface area (Å²) in [5.41, 5.74) is 1.08. The van der Waals surface area contributed by atoms with Crippen molar-refractivity contribution in [1.82, 2.24) is 10.2 Å². The molecular formula is C13H19FN2. The monoisotopic (exact) mass is 222 g/mol. The Kier molecular flexibility index (Phi) is 3.91. The standard InChI is InChI=1S/C13H19FN2/c1-2-16-8-4-7-15-10-13(16)11-5-3-6-12(14)9-11/h3,5-6,9,13,15H,2,4,7-8,10H2,1H3. The van der Waals surface area contributed by atoms with Gasteiger partial charge in [0.2, 0.25) is 0 Å². The second-order valence-electron chi connectivity index (χ2n) is 4.26. The van der Waals surface area contributed by atoms with E-state index in [9.17, 15) is 4.39 Å². The molecule has 0 radical (unpaired) electrons. The predicted molar refractivity (Wildman–Crippen MR) is 63.9 cm³/mol. The summed E-state index contributed by atoms with van der Waals surface area (Å²) in [6, 6.07) is 7.28. The zero-order chi connectivity index (χ0) is 11.4. The highest BCUT2D eigenvalue weighted by Gasteiger charge is 2.20. The molecule has 1 fully saturated rings. The van der Waals surface area contributed by atoms with Crippen molar-refractivity contribution >= 4 is 0 Å². The van der Waals surface area contributed by atoms with Crippen molar-refractivity contribution in [3.63, 3.8) is 0 Å². The van der Waals surface area contributed by atoms with Gasteiger partial charge in [-0.3, -0.25) is 4.90 Å². The van der Waals surface area contributed by atoms with Crippen LogP contribution in [0, 0.1) is 5.82 Å². The summed E-state index contributed by atoms with van der Waals surface area (Å²) in [6.07, 6.45) is 1.17. The van der Waals surface area contributed by atoms with E-state index in [0.29, 0.717) is 6.04 Å². The van der Waals surface area contributed by atoms with E-state index in [1.807, 2.05) is 6.07 Å². The molecule has 2 nitrogen and oxygen atoms in total. The van der Waals surface area contributed by atoms with Gasteiger partial charge in [0.05, 0.1) is 0 Å². The maximum absolute atomic E-state index is 13.2. The number of nitrogens with zero attached hydrogens (tertiary/aromatic N) is 1. The second kappa shape index (κ2) is 5.41. The number of hydrogen-bond donors (Lipinski definition) is 1. The highest BCUT2D eigenvalue weighted by Crippen LogP contribution is 2.22. The molecule has 0 aliphatic carbocycles. The smallest absolute Gasteiger partial charge is 0.123 e. The number of benzene rings is 1. The molecule has 0 bridgehead atoms. The molecular weight excluding hydrogens is 203 g/mol. The first-order valence-electron chi connectivity index (χ1n) is 6.01. The van der Waals surface area contributed by atoms with Crippen LogP contribution in [0.25, 0.3) is 0 Å². The molecule has 88 valence electrons. The fourth-order valence-corrected chi connectivity index (χ4v) is 2.35. The number of likely N-dealkylation sites (N-methyl/N-ethyl adjacent to an activating group) is 1. The molecule has 16 heavy (non-hydrogen) atoms. The average molecular weight is 222 g/mol. The Morgan fingerprint density at radius 3 is 3.12 bits per heavy atom. The minimum atomic E-state index is -0.141. The van der Waals surface area contributed by atoms with Crippen LogP contribution in [-0.4, -0.2) is 31.1 Å². The van der Waals surface area contributed by atoms with Crippen molar-refractivity contribution in [2.45, 2.75) is 19.4 Å². The van der Waals surface area contributed by atoms with E-state index in [4.69, 9.17) is 0 Å². The molecule has 1 heterocycles. The molecule has 0 spiro atoms. The highest BCUT2D eigenvalue weighted by molar-refractivity contribution is 5.21. The Morgan fingerprint density at radius 2 is 2.38 bits per heavy atom. The molecule has 1 unspecified atom stereocenters. The fourth-order valence-electron chi connectivity index (χ4n) is 2.35. The molecule has 1 saturated heterocycles. The Labute approximate surface area is 96.5 Å². The fraction of sp³-hybridized carbons (Fsp3) is 0.538. The lowest BCUT2D eigenvalue weighted by Gasteiger charge is -2.28. The normalized spacial score (nSPS) is 23.0. The van der Waals surface area contributed by atoms with Crippen molar-refractivity contribution in [1.29, 1.82) is 0 Å². The SMILES string of the molecule is CCN1CCCNCC1c1cccc(F)c1. The van der Waals surface area contributed by atoms with E-state index in [-0.39, 0.29) is 5.82 Å². The third-order valence-corrected chi connectivity index (χ3v) is 3.22. The molecule has 1 aliphatic rings. The maximum atomic E-state index is 13.2. The van der Waals surface area contributed by atoms with Crippen LogP contribution in [0.2, 0.25) is 0 Å². The number of halogens is 1. The zero-order valence-electron chi connectivity index (χ0n) is 9.75. The van der Waals surface area contributed by atoms with Gasteiger partial charge in [0, 0.05) is 12.6 Å². The maximum Gasteiger partial charge on any atom is 0.123 e. The topological polar surface area (TPSA) is 15.3 Å².